The van der Waals surface area contributed by atoms with Crippen LogP contribution in [0, 0.1) is 19.7 Å². The van der Waals surface area contributed by atoms with Gasteiger partial charge >= 0.3 is 0 Å². The average Bonchev–Trinajstić information content (AvgIpc) is 2.40. The second-order valence-corrected chi connectivity index (χ2v) is 4.70. The Morgan fingerprint density at radius 1 is 1.20 bits per heavy atom. The van der Waals surface area contributed by atoms with Gasteiger partial charge in [0.2, 0.25) is 5.88 Å². The summed E-state index contributed by atoms with van der Waals surface area (Å²) in [6.07, 6.45) is 0. The Bertz CT molecular complexity index is 582. The van der Waals surface area contributed by atoms with Crippen molar-refractivity contribution in [3.8, 4) is 11.6 Å². The Kier molecular flexibility index (Phi) is 4.69. The first-order valence-electron chi connectivity index (χ1n) is 6.71. The van der Waals surface area contributed by atoms with Gasteiger partial charge in [-0.1, -0.05) is 6.92 Å². The first-order chi connectivity index (χ1) is 9.60. The summed E-state index contributed by atoms with van der Waals surface area (Å²) in [5.41, 5.74) is 3.07. The highest BCUT2D eigenvalue weighted by Crippen LogP contribution is 2.26. The molecule has 106 valence electrons. The molecule has 2 rings (SSSR count). The second kappa shape index (κ2) is 6.48. The first kappa shape index (κ1) is 14.5. The third kappa shape index (κ3) is 3.54. The molecular formula is C16H19FN2O. The topological polar surface area (TPSA) is 34.2 Å². The Hall–Kier alpha value is -1.94. The summed E-state index contributed by atoms with van der Waals surface area (Å²) in [5.74, 6) is 0.885. The molecule has 0 aliphatic carbocycles. The Morgan fingerprint density at radius 3 is 2.55 bits per heavy atom. The number of rotatable bonds is 5. The van der Waals surface area contributed by atoms with E-state index in [-0.39, 0.29) is 5.82 Å². The molecule has 1 aromatic carbocycles. The largest absolute Gasteiger partial charge is 0.439 e. The Morgan fingerprint density at radius 2 is 1.90 bits per heavy atom. The number of benzene rings is 1. The van der Waals surface area contributed by atoms with Crippen LogP contribution < -0.4 is 10.1 Å². The molecule has 1 heterocycles. The fourth-order valence-electron chi connectivity index (χ4n) is 1.99. The van der Waals surface area contributed by atoms with E-state index in [1.165, 1.54) is 12.1 Å². The molecule has 0 amide bonds. The van der Waals surface area contributed by atoms with Crippen molar-refractivity contribution in [2.45, 2.75) is 27.3 Å². The van der Waals surface area contributed by atoms with Crippen molar-refractivity contribution in [3.63, 3.8) is 0 Å². The van der Waals surface area contributed by atoms with Crippen molar-refractivity contribution in [1.82, 2.24) is 10.3 Å². The van der Waals surface area contributed by atoms with Crippen LogP contribution in [0.2, 0.25) is 0 Å². The van der Waals surface area contributed by atoms with E-state index in [9.17, 15) is 4.39 Å². The second-order valence-electron chi connectivity index (χ2n) is 4.70. The van der Waals surface area contributed by atoms with Crippen LogP contribution in [0.5, 0.6) is 11.6 Å². The molecule has 0 aliphatic heterocycles. The van der Waals surface area contributed by atoms with Crippen molar-refractivity contribution in [1.29, 1.82) is 0 Å². The predicted molar refractivity (Wildman–Crippen MR) is 77.6 cm³/mol. The van der Waals surface area contributed by atoms with E-state index in [1.54, 1.807) is 12.1 Å². The molecule has 0 radical (unpaired) electrons. The van der Waals surface area contributed by atoms with Gasteiger partial charge in [0.05, 0.1) is 0 Å². The number of nitrogens with zero attached hydrogens (tertiary/aromatic N) is 1. The lowest BCUT2D eigenvalue weighted by Crippen LogP contribution is -2.14. The SMILES string of the molecule is CCNCc1c(C)cc(C)nc1Oc1ccc(F)cc1. The molecule has 4 heteroatoms. The van der Waals surface area contributed by atoms with Crippen molar-refractivity contribution in [3.05, 3.63) is 53.0 Å². The highest BCUT2D eigenvalue weighted by Gasteiger charge is 2.11. The van der Waals surface area contributed by atoms with E-state index in [0.29, 0.717) is 18.2 Å². The smallest absolute Gasteiger partial charge is 0.224 e. The molecule has 3 nitrogen and oxygen atoms in total. The van der Waals surface area contributed by atoms with Crippen molar-refractivity contribution < 1.29 is 9.13 Å². The summed E-state index contributed by atoms with van der Waals surface area (Å²) in [4.78, 5) is 4.45. The van der Waals surface area contributed by atoms with Gasteiger partial charge in [-0.15, -0.1) is 0 Å². The quantitative estimate of drug-likeness (QED) is 0.902. The van der Waals surface area contributed by atoms with E-state index in [4.69, 9.17) is 4.74 Å². The first-order valence-corrected chi connectivity index (χ1v) is 6.71. The van der Waals surface area contributed by atoms with Crippen LogP contribution in [0.15, 0.2) is 30.3 Å². The van der Waals surface area contributed by atoms with Crippen LogP contribution in [-0.2, 0) is 6.54 Å². The van der Waals surface area contributed by atoms with Crippen LogP contribution >= 0.6 is 0 Å². The number of aromatic nitrogens is 1. The third-order valence-electron chi connectivity index (χ3n) is 3.02. The molecule has 1 aromatic heterocycles. The van der Waals surface area contributed by atoms with Gasteiger partial charge in [-0.25, -0.2) is 9.37 Å². The van der Waals surface area contributed by atoms with E-state index < -0.39 is 0 Å². The summed E-state index contributed by atoms with van der Waals surface area (Å²) in [6, 6.07) is 7.99. The van der Waals surface area contributed by atoms with Gasteiger partial charge < -0.3 is 10.1 Å². The molecule has 1 N–H and O–H groups in total. The van der Waals surface area contributed by atoms with Crippen LogP contribution in [0.25, 0.3) is 0 Å². The number of nitrogens with one attached hydrogen (secondary N) is 1. The molecule has 2 aromatic rings. The predicted octanol–water partition coefficient (Wildman–Crippen LogP) is 3.74. The lowest BCUT2D eigenvalue weighted by atomic mass is 10.1. The lowest BCUT2D eigenvalue weighted by Gasteiger charge is -2.14. The molecule has 20 heavy (non-hydrogen) atoms. The molecule has 0 saturated carbocycles. The van der Waals surface area contributed by atoms with Crippen LogP contribution in [-0.4, -0.2) is 11.5 Å². The van der Waals surface area contributed by atoms with E-state index in [1.807, 2.05) is 19.9 Å². The zero-order valence-electron chi connectivity index (χ0n) is 12.0. The van der Waals surface area contributed by atoms with Gasteiger partial charge in [-0.05, 0) is 56.3 Å². The van der Waals surface area contributed by atoms with Crippen LogP contribution in [0.3, 0.4) is 0 Å². The molecular weight excluding hydrogens is 255 g/mol. The maximum Gasteiger partial charge on any atom is 0.224 e. The monoisotopic (exact) mass is 274 g/mol. The van der Waals surface area contributed by atoms with E-state index in [0.717, 1.165) is 23.4 Å². The number of hydrogen-bond acceptors (Lipinski definition) is 3. The summed E-state index contributed by atoms with van der Waals surface area (Å²) >= 11 is 0. The Labute approximate surface area is 118 Å². The Balaban J connectivity index is 2.31. The number of halogens is 1. The fraction of sp³-hybridized carbons (Fsp3) is 0.312. The zero-order chi connectivity index (χ0) is 14.5. The van der Waals surface area contributed by atoms with Crippen molar-refractivity contribution >= 4 is 0 Å². The maximum atomic E-state index is 12.9. The summed E-state index contributed by atoms with van der Waals surface area (Å²) in [5, 5.41) is 3.28. The standard InChI is InChI=1S/C16H19FN2O/c1-4-18-10-15-11(2)9-12(3)19-16(15)20-14-7-5-13(17)6-8-14/h5-9,18H,4,10H2,1-3H3. The van der Waals surface area contributed by atoms with Crippen LogP contribution in [0.1, 0.15) is 23.7 Å². The minimum Gasteiger partial charge on any atom is -0.439 e. The number of pyridine rings is 1. The van der Waals surface area contributed by atoms with Gasteiger partial charge in [-0.3, -0.25) is 0 Å². The summed E-state index contributed by atoms with van der Waals surface area (Å²) in [6.45, 7) is 7.60. The van der Waals surface area contributed by atoms with Gasteiger partial charge in [0.1, 0.15) is 11.6 Å². The van der Waals surface area contributed by atoms with Crippen molar-refractivity contribution in [2.24, 2.45) is 0 Å². The summed E-state index contributed by atoms with van der Waals surface area (Å²) in [7, 11) is 0. The molecule has 0 atom stereocenters. The molecule has 0 unspecified atom stereocenters. The highest BCUT2D eigenvalue weighted by atomic mass is 19.1. The molecule has 0 spiro atoms. The van der Waals surface area contributed by atoms with Gasteiger partial charge in [0, 0.05) is 17.8 Å². The average molecular weight is 274 g/mol. The highest BCUT2D eigenvalue weighted by molar-refractivity contribution is 5.38. The van der Waals surface area contributed by atoms with Gasteiger partial charge in [0.25, 0.3) is 0 Å². The third-order valence-corrected chi connectivity index (χ3v) is 3.02. The van der Waals surface area contributed by atoms with Gasteiger partial charge in [0.15, 0.2) is 0 Å². The molecule has 0 aliphatic rings. The fourth-order valence-corrected chi connectivity index (χ4v) is 1.99. The van der Waals surface area contributed by atoms with E-state index in [2.05, 4.69) is 17.2 Å². The van der Waals surface area contributed by atoms with E-state index >= 15 is 0 Å². The number of aryl methyl sites for hydroxylation is 2. The van der Waals surface area contributed by atoms with Gasteiger partial charge in [-0.2, -0.15) is 0 Å². The molecule has 0 fully saturated rings. The van der Waals surface area contributed by atoms with Crippen molar-refractivity contribution in [2.75, 3.05) is 6.54 Å². The lowest BCUT2D eigenvalue weighted by molar-refractivity contribution is 0.450. The minimum atomic E-state index is -0.279. The maximum absolute atomic E-state index is 12.9. The molecule has 0 bridgehead atoms. The minimum absolute atomic E-state index is 0.279. The normalized spacial score (nSPS) is 10.6. The number of ether oxygens (including phenoxy) is 1. The summed E-state index contributed by atoms with van der Waals surface area (Å²) < 4.78 is 18.7. The zero-order valence-corrected chi connectivity index (χ0v) is 12.0. The van der Waals surface area contributed by atoms with Crippen LogP contribution in [0.4, 0.5) is 4.39 Å². The number of hydrogen-bond donors (Lipinski definition) is 1. The molecule has 0 saturated heterocycles.